The number of nitrogens with zero attached hydrogens (tertiary/aromatic N) is 3. The van der Waals surface area contributed by atoms with Crippen LogP contribution in [0.3, 0.4) is 0 Å². The molecule has 0 spiro atoms. The number of carboxylic acid groups (broad SMARTS) is 1. The first-order chi connectivity index (χ1) is 17.7. The normalized spacial score (nSPS) is 14.2. The zero-order chi connectivity index (χ0) is 26.8. The molecular weight excluding hydrogens is 476 g/mol. The first kappa shape index (κ1) is 27.6. The van der Waals surface area contributed by atoms with E-state index in [-0.39, 0.29) is 37.5 Å². The van der Waals surface area contributed by atoms with Crippen LogP contribution in [0.5, 0.6) is 0 Å². The number of carboxylic acids is 1. The number of pyridine rings is 1. The van der Waals surface area contributed by atoms with E-state index in [4.69, 9.17) is 9.84 Å². The largest absolute Gasteiger partial charge is 0.481 e. The molecule has 10 nitrogen and oxygen atoms in total. The molecule has 37 heavy (non-hydrogen) atoms. The van der Waals surface area contributed by atoms with E-state index in [9.17, 15) is 19.2 Å². The highest BCUT2D eigenvalue weighted by atomic mass is 16.6. The number of ether oxygens (including phenoxy) is 1. The third kappa shape index (κ3) is 8.30. The molecule has 10 heteroatoms. The van der Waals surface area contributed by atoms with Gasteiger partial charge < -0.3 is 25.0 Å². The lowest BCUT2D eigenvalue weighted by atomic mass is 10.1. The quantitative estimate of drug-likeness (QED) is 0.503. The molecule has 1 aromatic heterocycles. The first-order valence-electron chi connectivity index (χ1n) is 12.5. The average Bonchev–Trinajstić information content (AvgIpc) is 2.90. The molecule has 0 radical (unpaired) electrons. The monoisotopic (exact) mass is 510 g/mol. The second-order valence-electron chi connectivity index (χ2n) is 9.34. The van der Waals surface area contributed by atoms with Crippen molar-refractivity contribution in [2.45, 2.75) is 39.2 Å². The van der Waals surface area contributed by atoms with Crippen molar-refractivity contribution in [1.82, 2.24) is 20.1 Å². The van der Waals surface area contributed by atoms with Crippen molar-refractivity contribution < 1.29 is 29.0 Å². The maximum Gasteiger partial charge on any atom is 0.409 e. The minimum absolute atomic E-state index is 0.0598. The Labute approximate surface area is 216 Å². The molecule has 1 atom stereocenters. The SMILES string of the molecule is CC(C)CCOC(=O)N1CCN(C(=O)[C@H](CCC(=O)O)NC(=O)c2cccc(-c3ccccc3)n2)CC1. The number of aromatic nitrogens is 1. The van der Waals surface area contributed by atoms with Crippen molar-refractivity contribution in [2.24, 2.45) is 5.92 Å². The number of benzene rings is 1. The van der Waals surface area contributed by atoms with Crippen LogP contribution >= 0.6 is 0 Å². The van der Waals surface area contributed by atoms with Crippen LogP contribution in [0, 0.1) is 5.92 Å². The summed E-state index contributed by atoms with van der Waals surface area (Å²) in [6.45, 7) is 5.57. The van der Waals surface area contributed by atoms with Crippen LogP contribution in [0.25, 0.3) is 11.3 Å². The standard InChI is InChI=1S/C27H34N4O6/c1-19(2)13-18-37-27(36)31-16-14-30(15-17-31)26(35)23(11-12-24(32)33)29-25(34)22-10-6-9-21(28-22)20-7-4-3-5-8-20/h3-10,19,23H,11-18H2,1-2H3,(H,29,34)(H,32,33)/t23-/m0/s1. The highest BCUT2D eigenvalue weighted by Crippen LogP contribution is 2.17. The number of aliphatic carboxylic acids is 1. The second-order valence-corrected chi connectivity index (χ2v) is 9.34. The van der Waals surface area contributed by atoms with E-state index in [0.29, 0.717) is 31.3 Å². The Hall–Kier alpha value is -3.95. The van der Waals surface area contributed by atoms with Crippen molar-refractivity contribution in [3.63, 3.8) is 0 Å². The number of carbonyl (C=O) groups is 4. The van der Waals surface area contributed by atoms with Crippen molar-refractivity contribution in [3.05, 3.63) is 54.2 Å². The predicted molar refractivity (Wildman–Crippen MR) is 137 cm³/mol. The maximum absolute atomic E-state index is 13.3. The minimum Gasteiger partial charge on any atom is -0.481 e. The van der Waals surface area contributed by atoms with Crippen LogP contribution in [0.1, 0.15) is 43.6 Å². The van der Waals surface area contributed by atoms with Gasteiger partial charge in [0.15, 0.2) is 0 Å². The van der Waals surface area contributed by atoms with E-state index < -0.39 is 24.0 Å². The third-order valence-electron chi connectivity index (χ3n) is 6.07. The van der Waals surface area contributed by atoms with Crippen LogP contribution in [-0.2, 0) is 14.3 Å². The van der Waals surface area contributed by atoms with Crippen molar-refractivity contribution in [1.29, 1.82) is 0 Å². The van der Waals surface area contributed by atoms with Gasteiger partial charge in [0.1, 0.15) is 11.7 Å². The lowest BCUT2D eigenvalue weighted by Gasteiger charge is -2.36. The number of hydrogen-bond donors (Lipinski definition) is 2. The van der Waals surface area contributed by atoms with Gasteiger partial charge in [-0.15, -0.1) is 0 Å². The van der Waals surface area contributed by atoms with Gasteiger partial charge in [0.2, 0.25) is 5.91 Å². The molecule has 1 aliphatic heterocycles. The van der Waals surface area contributed by atoms with Crippen LogP contribution in [0.2, 0.25) is 0 Å². The molecule has 3 rings (SSSR count). The van der Waals surface area contributed by atoms with Gasteiger partial charge in [-0.2, -0.15) is 0 Å². The number of rotatable bonds is 10. The number of amides is 3. The summed E-state index contributed by atoms with van der Waals surface area (Å²) in [6, 6.07) is 13.4. The third-order valence-corrected chi connectivity index (χ3v) is 6.07. The van der Waals surface area contributed by atoms with E-state index in [1.807, 2.05) is 44.2 Å². The van der Waals surface area contributed by atoms with E-state index in [1.54, 1.807) is 28.0 Å². The zero-order valence-electron chi connectivity index (χ0n) is 21.3. The second kappa shape index (κ2) is 13.4. The Morgan fingerprint density at radius 2 is 1.62 bits per heavy atom. The van der Waals surface area contributed by atoms with Gasteiger partial charge >= 0.3 is 12.1 Å². The molecule has 0 saturated carbocycles. The maximum atomic E-state index is 13.3. The number of carbonyl (C=O) groups excluding carboxylic acids is 3. The summed E-state index contributed by atoms with van der Waals surface area (Å²) in [5.41, 5.74) is 1.58. The molecule has 1 aliphatic rings. The van der Waals surface area contributed by atoms with E-state index in [2.05, 4.69) is 10.3 Å². The molecule has 3 amide bonds. The van der Waals surface area contributed by atoms with E-state index in [1.165, 1.54) is 0 Å². The molecule has 2 aromatic rings. The van der Waals surface area contributed by atoms with Crippen molar-refractivity contribution in [2.75, 3.05) is 32.8 Å². The van der Waals surface area contributed by atoms with Gasteiger partial charge in [-0.3, -0.25) is 14.4 Å². The van der Waals surface area contributed by atoms with Crippen LogP contribution in [-0.4, -0.2) is 82.6 Å². The Bertz CT molecular complexity index is 1080. The predicted octanol–water partition coefficient (Wildman–Crippen LogP) is 3.04. The van der Waals surface area contributed by atoms with Gasteiger partial charge in [0.25, 0.3) is 5.91 Å². The summed E-state index contributed by atoms with van der Waals surface area (Å²) in [6.07, 6.45) is 0.0254. The molecule has 0 aliphatic carbocycles. The van der Waals surface area contributed by atoms with Gasteiger partial charge in [0.05, 0.1) is 12.3 Å². The van der Waals surface area contributed by atoms with Gasteiger partial charge in [-0.05, 0) is 30.9 Å². The number of nitrogens with one attached hydrogen (secondary N) is 1. The molecule has 0 unspecified atom stereocenters. The summed E-state index contributed by atoms with van der Waals surface area (Å²) in [5, 5.41) is 11.8. The van der Waals surface area contributed by atoms with Gasteiger partial charge in [-0.25, -0.2) is 9.78 Å². The Balaban J connectivity index is 1.62. The molecule has 1 fully saturated rings. The van der Waals surface area contributed by atoms with E-state index >= 15 is 0 Å². The lowest BCUT2D eigenvalue weighted by molar-refractivity contribution is -0.138. The summed E-state index contributed by atoms with van der Waals surface area (Å²) in [4.78, 5) is 57.2. The summed E-state index contributed by atoms with van der Waals surface area (Å²) in [7, 11) is 0. The minimum atomic E-state index is -1.06. The first-order valence-corrected chi connectivity index (χ1v) is 12.5. The molecule has 2 N–H and O–H groups in total. The molecule has 1 saturated heterocycles. The number of piperazine rings is 1. The highest BCUT2D eigenvalue weighted by molar-refractivity contribution is 5.96. The Morgan fingerprint density at radius 3 is 2.27 bits per heavy atom. The Kier molecular flexibility index (Phi) is 10.00. The van der Waals surface area contributed by atoms with Crippen LogP contribution < -0.4 is 5.32 Å². The molecule has 1 aromatic carbocycles. The van der Waals surface area contributed by atoms with Crippen LogP contribution in [0.15, 0.2) is 48.5 Å². The van der Waals surface area contributed by atoms with Crippen molar-refractivity contribution >= 4 is 23.9 Å². The fourth-order valence-electron chi connectivity index (χ4n) is 3.89. The fraction of sp³-hybridized carbons (Fsp3) is 0.444. The molecule has 198 valence electrons. The molecule has 2 heterocycles. The summed E-state index contributed by atoms with van der Waals surface area (Å²) >= 11 is 0. The lowest BCUT2D eigenvalue weighted by Crippen LogP contribution is -2.56. The molecular formula is C27H34N4O6. The van der Waals surface area contributed by atoms with E-state index in [0.717, 1.165) is 12.0 Å². The van der Waals surface area contributed by atoms with Crippen LogP contribution in [0.4, 0.5) is 4.79 Å². The molecule has 0 bridgehead atoms. The van der Waals surface area contributed by atoms with Gasteiger partial charge in [0, 0.05) is 38.2 Å². The summed E-state index contributed by atoms with van der Waals surface area (Å²) in [5.74, 6) is -1.59. The van der Waals surface area contributed by atoms with Gasteiger partial charge in [-0.1, -0.05) is 50.2 Å². The fourth-order valence-corrected chi connectivity index (χ4v) is 3.89. The summed E-state index contributed by atoms with van der Waals surface area (Å²) < 4.78 is 5.30. The topological polar surface area (TPSA) is 129 Å². The van der Waals surface area contributed by atoms with Crippen molar-refractivity contribution in [3.8, 4) is 11.3 Å². The number of hydrogen-bond acceptors (Lipinski definition) is 6. The highest BCUT2D eigenvalue weighted by Gasteiger charge is 2.31. The smallest absolute Gasteiger partial charge is 0.409 e. The zero-order valence-corrected chi connectivity index (χ0v) is 21.3. The Morgan fingerprint density at radius 1 is 0.946 bits per heavy atom. The average molecular weight is 511 g/mol.